The number of ether oxygens (including phenoxy) is 1. The van der Waals surface area contributed by atoms with Gasteiger partial charge < -0.3 is 20.3 Å². The molecule has 2 saturated carbocycles. The van der Waals surface area contributed by atoms with Gasteiger partial charge >= 0.3 is 6.09 Å². The van der Waals surface area contributed by atoms with Gasteiger partial charge in [0.05, 0.1) is 24.0 Å². The van der Waals surface area contributed by atoms with Gasteiger partial charge in [-0.2, -0.15) is 0 Å². The van der Waals surface area contributed by atoms with E-state index in [2.05, 4.69) is 20.3 Å². The normalized spacial score (nSPS) is 27.4. The second kappa shape index (κ2) is 15.0. The van der Waals surface area contributed by atoms with Crippen molar-refractivity contribution in [2.45, 2.75) is 99.9 Å². The Morgan fingerprint density at radius 1 is 1.07 bits per heavy atom. The van der Waals surface area contributed by atoms with Crippen molar-refractivity contribution in [2.24, 2.45) is 5.92 Å². The monoisotopic (exact) mass is 791 g/mol. The number of carbonyl (C=O) groups excluding carboxylic acids is 4. The Hall–Kier alpha value is -4.90. The summed E-state index contributed by atoms with van der Waals surface area (Å²) in [4.78, 5) is 67.8. The Kier molecular flexibility index (Phi) is 10.1. The van der Waals surface area contributed by atoms with Crippen molar-refractivity contribution in [2.75, 3.05) is 11.9 Å². The molecule has 0 unspecified atom stereocenters. The predicted molar refractivity (Wildman–Crippen MR) is 200 cm³/mol. The first-order chi connectivity index (χ1) is 26.5. The summed E-state index contributed by atoms with van der Waals surface area (Å²) in [5.74, 6) is -2.72. The molecule has 2 aromatic heterocycles. The molecule has 0 radical (unpaired) electrons. The van der Waals surface area contributed by atoms with Gasteiger partial charge in [-0.1, -0.05) is 37.1 Å². The summed E-state index contributed by atoms with van der Waals surface area (Å²) in [5.41, 5.74) is 1.08. The van der Waals surface area contributed by atoms with E-state index in [4.69, 9.17) is 9.72 Å². The Labute approximate surface area is 322 Å². The van der Waals surface area contributed by atoms with Gasteiger partial charge in [0.25, 0.3) is 5.91 Å². The van der Waals surface area contributed by atoms with Gasteiger partial charge in [-0.25, -0.2) is 22.6 Å². The molecule has 8 rings (SSSR count). The van der Waals surface area contributed by atoms with Crippen LogP contribution < -0.4 is 15.4 Å². The number of anilines is 1. The number of allylic oxidation sites excluding steroid dienone is 1. The highest BCUT2D eigenvalue weighted by Crippen LogP contribution is 2.46. The number of fused-ring (bicyclic) bond motifs is 3. The number of carbonyl (C=O) groups is 4. The maximum Gasteiger partial charge on any atom is 0.410 e. The SMILES string of the molecule is O=C1N[C@]2(C(=O)NS(=O)(=O)C3CC3)C[C@@H]2/C=C\CCCCC[C@H](Nc2nc(-c3cccnc3)cs2)C(=O)N2C[C@H](OC(=O)N3Cc4cccc(F)c4C3)C[C@@H]12. The number of nitrogens with zero attached hydrogens (tertiary/aromatic N) is 4. The molecule has 14 nitrogen and oxygen atoms in total. The molecule has 0 bridgehead atoms. The van der Waals surface area contributed by atoms with Crippen LogP contribution in [0.3, 0.4) is 0 Å². The molecular formula is C38H42FN7O7S2. The van der Waals surface area contributed by atoms with E-state index in [1.54, 1.807) is 24.5 Å². The molecule has 3 N–H and O–H groups in total. The molecule has 290 valence electrons. The van der Waals surface area contributed by atoms with Crippen molar-refractivity contribution >= 4 is 50.3 Å². The maximum absolute atomic E-state index is 14.6. The zero-order valence-corrected chi connectivity index (χ0v) is 31.6. The van der Waals surface area contributed by atoms with E-state index in [0.717, 1.165) is 18.4 Å². The molecule has 4 amide bonds. The number of rotatable bonds is 7. The summed E-state index contributed by atoms with van der Waals surface area (Å²) >= 11 is 1.34. The number of amides is 4. The van der Waals surface area contributed by atoms with E-state index in [0.29, 0.717) is 54.1 Å². The van der Waals surface area contributed by atoms with Crippen LogP contribution in [0.5, 0.6) is 0 Å². The van der Waals surface area contributed by atoms with E-state index in [1.165, 1.54) is 27.2 Å². The second-order valence-corrected chi connectivity index (χ2v) is 17.8. The number of thiazole rings is 1. The lowest BCUT2D eigenvalue weighted by molar-refractivity contribution is -0.140. The van der Waals surface area contributed by atoms with Crippen molar-refractivity contribution in [1.29, 1.82) is 0 Å². The highest BCUT2D eigenvalue weighted by molar-refractivity contribution is 7.91. The van der Waals surface area contributed by atoms with E-state index in [1.807, 2.05) is 29.7 Å². The van der Waals surface area contributed by atoms with Gasteiger partial charge in [0.2, 0.25) is 21.8 Å². The fourth-order valence-corrected chi connectivity index (χ4v) is 9.85. The molecular weight excluding hydrogens is 750 g/mol. The van der Waals surface area contributed by atoms with Gasteiger partial charge in [-0.05, 0) is 62.3 Å². The zero-order chi connectivity index (χ0) is 38.3. The van der Waals surface area contributed by atoms with Crippen LogP contribution in [0.1, 0.15) is 68.9 Å². The lowest BCUT2D eigenvalue weighted by Crippen LogP contribution is -2.57. The predicted octanol–water partition coefficient (Wildman–Crippen LogP) is 4.25. The average Bonchev–Trinajstić information content (AvgIpc) is 3.97. The van der Waals surface area contributed by atoms with Crippen LogP contribution in [-0.4, -0.2) is 87.5 Å². The summed E-state index contributed by atoms with van der Waals surface area (Å²) in [7, 11) is -3.90. The van der Waals surface area contributed by atoms with Crippen LogP contribution >= 0.6 is 11.3 Å². The number of benzene rings is 1. The third-order valence-corrected chi connectivity index (χ3v) is 13.6. The Balaban J connectivity index is 1.06. The number of halogens is 1. The first-order valence-corrected chi connectivity index (χ1v) is 21.1. The molecule has 5 heterocycles. The minimum absolute atomic E-state index is 0.0251. The van der Waals surface area contributed by atoms with Crippen LogP contribution in [-0.2, 0) is 42.2 Å². The highest BCUT2D eigenvalue weighted by Gasteiger charge is 2.62. The van der Waals surface area contributed by atoms with Crippen molar-refractivity contribution in [3.05, 3.63) is 77.2 Å². The smallest absolute Gasteiger partial charge is 0.410 e. The van der Waals surface area contributed by atoms with Crippen molar-refractivity contribution in [3.8, 4) is 11.3 Å². The number of sulfonamides is 1. The zero-order valence-electron chi connectivity index (χ0n) is 30.0. The topological polar surface area (TPSA) is 180 Å². The standard InChI is InChI=1S/C38H42FN7O7S2/c39-29-11-6-8-24-19-45(21-28(24)29)37(50)53-26-16-32-33(47)43-38(35(49)44-55(51,52)27-13-14-27)17-25(38)10-4-2-1-3-5-12-30(34(48)46(32)20-26)41-36-42-31(22-54-36)23-9-7-15-40-18-23/h4,6-11,15,18,22,25-27,30,32H,1-3,5,12-14,16-17,19-21H2,(H,41,42)(H,43,47)(H,44,49)/b10-4-/t25-,26+,30-,32-,38+/m0/s1. The summed E-state index contributed by atoms with van der Waals surface area (Å²) in [6.07, 6.45) is 10.1. The minimum Gasteiger partial charge on any atom is -0.444 e. The van der Waals surface area contributed by atoms with E-state index in [9.17, 15) is 32.0 Å². The summed E-state index contributed by atoms with van der Waals surface area (Å²) in [6.45, 7) is 0.0764. The van der Waals surface area contributed by atoms with Crippen LogP contribution in [0.25, 0.3) is 11.3 Å². The lowest BCUT2D eigenvalue weighted by atomic mass is 10.1. The third-order valence-electron chi connectivity index (χ3n) is 11.1. The molecule has 5 atom stereocenters. The third kappa shape index (κ3) is 7.81. The van der Waals surface area contributed by atoms with E-state index in [-0.39, 0.29) is 32.5 Å². The molecule has 3 aromatic rings. The van der Waals surface area contributed by atoms with Crippen LogP contribution in [0.15, 0.2) is 60.3 Å². The average molecular weight is 792 g/mol. The minimum atomic E-state index is -3.90. The molecule has 3 aliphatic heterocycles. The number of aromatic nitrogens is 2. The first kappa shape index (κ1) is 37.0. The van der Waals surface area contributed by atoms with Gasteiger partial charge in [0.15, 0.2) is 5.13 Å². The maximum atomic E-state index is 14.6. The fraction of sp³-hybridized carbons (Fsp3) is 0.474. The first-order valence-electron chi connectivity index (χ1n) is 18.7. The lowest BCUT2D eigenvalue weighted by Gasteiger charge is -2.29. The summed E-state index contributed by atoms with van der Waals surface area (Å²) in [5, 5.41) is 7.90. The van der Waals surface area contributed by atoms with Crippen LogP contribution in [0.2, 0.25) is 0 Å². The van der Waals surface area contributed by atoms with Crippen molar-refractivity contribution in [3.63, 3.8) is 0 Å². The largest absolute Gasteiger partial charge is 0.444 e. The molecule has 1 saturated heterocycles. The number of pyridine rings is 1. The van der Waals surface area contributed by atoms with E-state index < -0.39 is 74.5 Å². The number of nitrogens with one attached hydrogen (secondary N) is 3. The molecule has 1 aromatic carbocycles. The second-order valence-electron chi connectivity index (χ2n) is 15.0. The quantitative estimate of drug-likeness (QED) is 0.293. The molecule has 5 aliphatic rings. The Morgan fingerprint density at radius 2 is 1.93 bits per heavy atom. The van der Waals surface area contributed by atoms with Gasteiger partial charge in [-0.15, -0.1) is 11.3 Å². The molecule has 55 heavy (non-hydrogen) atoms. The van der Waals surface area contributed by atoms with Gasteiger partial charge in [0.1, 0.15) is 29.5 Å². The van der Waals surface area contributed by atoms with Crippen molar-refractivity contribution in [1.82, 2.24) is 29.8 Å². The molecule has 0 spiro atoms. The Bertz CT molecular complexity index is 2130. The Morgan fingerprint density at radius 3 is 2.71 bits per heavy atom. The van der Waals surface area contributed by atoms with Crippen molar-refractivity contribution < 1.29 is 36.7 Å². The van der Waals surface area contributed by atoms with Crippen LogP contribution in [0, 0.1) is 11.7 Å². The van der Waals surface area contributed by atoms with E-state index >= 15 is 0 Å². The fourth-order valence-electron chi connectivity index (χ4n) is 7.71. The summed E-state index contributed by atoms with van der Waals surface area (Å²) < 4.78 is 48.2. The summed E-state index contributed by atoms with van der Waals surface area (Å²) in [6, 6.07) is 6.44. The molecule has 3 fully saturated rings. The van der Waals surface area contributed by atoms with Gasteiger partial charge in [-0.3, -0.25) is 29.0 Å². The highest BCUT2D eigenvalue weighted by atomic mass is 32.2. The number of hydrogen-bond donors (Lipinski definition) is 3. The molecule has 17 heteroatoms. The van der Waals surface area contributed by atoms with Crippen LogP contribution in [0.4, 0.5) is 14.3 Å². The number of hydrogen-bond acceptors (Lipinski definition) is 11. The molecule has 2 aliphatic carbocycles. The van der Waals surface area contributed by atoms with Gasteiger partial charge in [0, 0.05) is 47.8 Å².